The van der Waals surface area contributed by atoms with E-state index in [2.05, 4.69) is 36.8 Å². The third-order valence-corrected chi connectivity index (χ3v) is 5.77. The average Bonchev–Trinajstić information content (AvgIpc) is 3.01. The third-order valence-electron chi connectivity index (χ3n) is 4.23. The van der Waals surface area contributed by atoms with E-state index in [1.807, 2.05) is 25.1 Å². The molecule has 6 nitrogen and oxygen atoms in total. The van der Waals surface area contributed by atoms with E-state index in [4.69, 9.17) is 16.5 Å². The van der Waals surface area contributed by atoms with Crippen LogP contribution in [0.3, 0.4) is 0 Å². The monoisotopic (exact) mass is 381 g/mol. The standard InChI is InChI=1S/C20H23N5OS/c1-11-9-13(14-7-8-23-19(22)25-14)6-5-12(11)10-15-16(17(21)26)27-18(24-15)20(2,3)4/h5-9H,10H2,1-4H3,(H2,21,26)(H2,22,23,25). The minimum atomic E-state index is -0.427. The molecule has 2 aromatic heterocycles. The van der Waals surface area contributed by atoms with E-state index in [1.165, 1.54) is 11.3 Å². The van der Waals surface area contributed by atoms with Crippen LogP contribution in [0.4, 0.5) is 5.95 Å². The highest BCUT2D eigenvalue weighted by Gasteiger charge is 2.24. The first-order chi connectivity index (χ1) is 12.6. The number of nitrogens with zero attached hydrogens (tertiary/aromatic N) is 3. The Morgan fingerprint density at radius 1 is 1.19 bits per heavy atom. The first-order valence-electron chi connectivity index (χ1n) is 8.63. The lowest BCUT2D eigenvalue weighted by Gasteiger charge is -2.13. The molecule has 140 valence electrons. The van der Waals surface area contributed by atoms with Crippen LogP contribution in [-0.4, -0.2) is 20.9 Å². The molecule has 0 radical (unpaired) electrons. The smallest absolute Gasteiger partial charge is 0.260 e. The molecule has 0 unspecified atom stereocenters. The Morgan fingerprint density at radius 2 is 1.93 bits per heavy atom. The lowest BCUT2D eigenvalue weighted by atomic mass is 9.97. The number of thiazole rings is 1. The number of amides is 1. The van der Waals surface area contributed by atoms with Gasteiger partial charge in [-0.3, -0.25) is 4.79 Å². The van der Waals surface area contributed by atoms with Crippen molar-refractivity contribution >= 4 is 23.2 Å². The second kappa shape index (κ2) is 7.08. The zero-order valence-corrected chi connectivity index (χ0v) is 16.7. The summed E-state index contributed by atoms with van der Waals surface area (Å²) >= 11 is 1.38. The molecule has 7 heteroatoms. The number of nitrogen functional groups attached to an aromatic ring is 1. The quantitative estimate of drug-likeness (QED) is 0.719. The Balaban J connectivity index is 1.95. The molecule has 4 N–H and O–H groups in total. The number of hydrogen-bond donors (Lipinski definition) is 2. The Labute approximate surface area is 162 Å². The SMILES string of the molecule is Cc1cc(-c2ccnc(N)n2)ccc1Cc1nc(C(C)(C)C)sc1C(N)=O. The van der Waals surface area contributed by atoms with E-state index < -0.39 is 5.91 Å². The van der Waals surface area contributed by atoms with Gasteiger partial charge in [0.05, 0.1) is 16.4 Å². The van der Waals surface area contributed by atoms with E-state index in [9.17, 15) is 4.79 Å². The van der Waals surface area contributed by atoms with Crippen molar-refractivity contribution in [2.45, 2.75) is 39.5 Å². The van der Waals surface area contributed by atoms with Crippen molar-refractivity contribution in [3.05, 3.63) is 57.2 Å². The summed E-state index contributed by atoms with van der Waals surface area (Å²) in [6.45, 7) is 8.26. The van der Waals surface area contributed by atoms with Crippen LogP contribution in [0, 0.1) is 6.92 Å². The summed E-state index contributed by atoms with van der Waals surface area (Å²) in [7, 11) is 0. The van der Waals surface area contributed by atoms with Gasteiger partial charge in [-0.15, -0.1) is 11.3 Å². The van der Waals surface area contributed by atoms with Crippen LogP contribution in [-0.2, 0) is 11.8 Å². The number of primary amides is 1. The number of carbonyl (C=O) groups is 1. The van der Waals surface area contributed by atoms with Gasteiger partial charge in [0, 0.05) is 23.6 Å². The molecule has 27 heavy (non-hydrogen) atoms. The van der Waals surface area contributed by atoms with E-state index in [0.717, 1.165) is 33.1 Å². The maximum absolute atomic E-state index is 11.9. The Kier molecular flexibility index (Phi) is 4.97. The van der Waals surface area contributed by atoms with Gasteiger partial charge in [-0.1, -0.05) is 32.9 Å². The van der Waals surface area contributed by atoms with E-state index >= 15 is 0 Å². The molecular weight excluding hydrogens is 358 g/mol. The van der Waals surface area contributed by atoms with Crippen LogP contribution in [0.25, 0.3) is 11.3 Å². The summed E-state index contributed by atoms with van der Waals surface area (Å²) in [6.07, 6.45) is 2.20. The number of nitrogens with two attached hydrogens (primary N) is 2. The number of anilines is 1. The molecule has 1 amide bonds. The number of carbonyl (C=O) groups excluding carboxylic acids is 1. The Bertz CT molecular complexity index is 1000. The van der Waals surface area contributed by atoms with Gasteiger partial charge in [0.2, 0.25) is 5.95 Å². The third kappa shape index (κ3) is 4.14. The minimum Gasteiger partial charge on any atom is -0.368 e. The molecule has 0 aliphatic carbocycles. The molecule has 0 aliphatic heterocycles. The normalized spacial score (nSPS) is 11.6. The first kappa shape index (κ1) is 19.0. The molecular formula is C20H23N5OS. The number of aryl methyl sites for hydroxylation is 1. The van der Waals surface area contributed by atoms with E-state index in [1.54, 1.807) is 6.20 Å². The van der Waals surface area contributed by atoms with Crippen LogP contribution in [0.1, 0.15) is 52.3 Å². The molecule has 3 aromatic rings. The van der Waals surface area contributed by atoms with Crippen LogP contribution < -0.4 is 11.5 Å². The van der Waals surface area contributed by atoms with Gasteiger partial charge in [-0.2, -0.15) is 0 Å². The molecule has 0 aliphatic rings. The molecule has 0 saturated heterocycles. The van der Waals surface area contributed by atoms with Crippen LogP contribution in [0.15, 0.2) is 30.5 Å². The number of rotatable bonds is 4. The van der Waals surface area contributed by atoms with Crippen molar-refractivity contribution in [3.8, 4) is 11.3 Å². The van der Waals surface area contributed by atoms with Crippen LogP contribution in [0.2, 0.25) is 0 Å². The van der Waals surface area contributed by atoms with Gasteiger partial charge >= 0.3 is 0 Å². The summed E-state index contributed by atoms with van der Waals surface area (Å²) in [5, 5.41) is 0.914. The summed E-state index contributed by atoms with van der Waals surface area (Å²) in [4.78, 5) is 25.3. The zero-order valence-electron chi connectivity index (χ0n) is 15.9. The highest BCUT2D eigenvalue weighted by molar-refractivity contribution is 7.14. The summed E-state index contributed by atoms with van der Waals surface area (Å²) in [5.74, 6) is -0.179. The molecule has 2 heterocycles. The zero-order chi connectivity index (χ0) is 19.8. The van der Waals surface area contributed by atoms with Crippen LogP contribution in [0.5, 0.6) is 0 Å². The van der Waals surface area contributed by atoms with E-state index in [0.29, 0.717) is 11.3 Å². The molecule has 0 bridgehead atoms. The summed E-state index contributed by atoms with van der Waals surface area (Å²) < 4.78 is 0. The van der Waals surface area contributed by atoms with Gasteiger partial charge in [-0.05, 0) is 30.2 Å². The predicted octanol–water partition coefficient (Wildman–Crippen LogP) is 3.48. The fourth-order valence-electron chi connectivity index (χ4n) is 2.75. The second-order valence-electron chi connectivity index (χ2n) is 7.53. The van der Waals surface area contributed by atoms with Gasteiger partial charge in [-0.25, -0.2) is 15.0 Å². The summed E-state index contributed by atoms with van der Waals surface area (Å²) in [6, 6.07) is 7.90. The average molecular weight is 382 g/mol. The molecule has 0 saturated carbocycles. The molecule has 0 fully saturated rings. The lowest BCUT2D eigenvalue weighted by Crippen LogP contribution is -2.12. The Morgan fingerprint density at radius 3 is 2.52 bits per heavy atom. The maximum atomic E-state index is 11.9. The fraction of sp³-hybridized carbons (Fsp3) is 0.300. The molecule has 0 spiro atoms. The van der Waals surface area contributed by atoms with Gasteiger partial charge in [0.15, 0.2) is 0 Å². The lowest BCUT2D eigenvalue weighted by molar-refractivity contribution is 0.100. The van der Waals surface area contributed by atoms with Crippen molar-refractivity contribution in [2.24, 2.45) is 5.73 Å². The fourth-order valence-corrected chi connectivity index (χ4v) is 3.74. The van der Waals surface area contributed by atoms with Crippen molar-refractivity contribution < 1.29 is 4.79 Å². The predicted molar refractivity (Wildman–Crippen MR) is 109 cm³/mol. The van der Waals surface area contributed by atoms with Gasteiger partial charge < -0.3 is 11.5 Å². The highest BCUT2D eigenvalue weighted by atomic mass is 32.1. The van der Waals surface area contributed by atoms with Gasteiger partial charge in [0.1, 0.15) is 4.88 Å². The Hall–Kier alpha value is -2.80. The highest BCUT2D eigenvalue weighted by Crippen LogP contribution is 2.31. The molecule has 3 rings (SSSR count). The number of benzene rings is 1. The summed E-state index contributed by atoms with van der Waals surface area (Å²) in [5.41, 5.74) is 15.8. The van der Waals surface area contributed by atoms with Crippen molar-refractivity contribution in [1.82, 2.24) is 15.0 Å². The number of aromatic nitrogens is 3. The topological polar surface area (TPSA) is 108 Å². The molecule has 1 aromatic carbocycles. The number of hydrogen-bond acceptors (Lipinski definition) is 6. The van der Waals surface area contributed by atoms with Crippen LogP contribution >= 0.6 is 11.3 Å². The van der Waals surface area contributed by atoms with Crippen molar-refractivity contribution in [3.63, 3.8) is 0 Å². The second-order valence-corrected chi connectivity index (χ2v) is 8.53. The van der Waals surface area contributed by atoms with Crippen molar-refractivity contribution in [1.29, 1.82) is 0 Å². The maximum Gasteiger partial charge on any atom is 0.260 e. The molecule has 0 atom stereocenters. The largest absolute Gasteiger partial charge is 0.368 e. The van der Waals surface area contributed by atoms with Crippen molar-refractivity contribution in [2.75, 3.05) is 5.73 Å². The van der Waals surface area contributed by atoms with Gasteiger partial charge in [0.25, 0.3) is 5.91 Å². The first-order valence-corrected chi connectivity index (χ1v) is 9.45. The van der Waals surface area contributed by atoms with E-state index in [-0.39, 0.29) is 11.4 Å². The minimum absolute atomic E-state index is 0.126.